The number of ether oxygens (including phenoxy) is 1. The first-order valence-electron chi connectivity index (χ1n) is 7.78. The second-order valence-corrected chi connectivity index (χ2v) is 6.79. The van der Waals surface area contributed by atoms with Gasteiger partial charge in [-0.15, -0.1) is 0 Å². The molecule has 2 aromatic rings. The van der Waals surface area contributed by atoms with Gasteiger partial charge in [-0.25, -0.2) is 9.97 Å². The van der Waals surface area contributed by atoms with E-state index in [0.29, 0.717) is 11.8 Å². The molecule has 1 atom stereocenters. The van der Waals surface area contributed by atoms with Gasteiger partial charge < -0.3 is 14.6 Å². The standard InChI is InChI=1S/C15H20BrN5O2/c1-9(2)13-20-15(23-21-13)12(10-3-5-22-6-4-10)19-14-11(16)7-17-8-18-14/h7-10,12H,3-6H2,1-2H3,(H,17,18,19)/t12-/m1/s1. The molecule has 0 amide bonds. The third-order valence-electron chi connectivity index (χ3n) is 3.94. The van der Waals surface area contributed by atoms with E-state index < -0.39 is 0 Å². The molecule has 1 saturated heterocycles. The van der Waals surface area contributed by atoms with Crippen molar-refractivity contribution in [2.45, 2.75) is 38.6 Å². The highest BCUT2D eigenvalue weighted by atomic mass is 79.9. The largest absolute Gasteiger partial charge is 0.381 e. The van der Waals surface area contributed by atoms with Crippen LogP contribution in [0.4, 0.5) is 5.82 Å². The molecule has 0 aliphatic carbocycles. The van der Waals surface area contributed by atoms with Crippen molar-refractivity contribution in [3.05, 3.63) is 28.7 Å². The predicted molar refractivity (Wildman–Crippen MR) is 88.0 cm³/mol. The number of nitrogens with zero attached hydrogens (tertiary/aromatic N) is 4. The maximum absolute atomic E-state index is 5.53. The Kier molecular flexibility index (Phi) is 5.22. The molecule has 0 saturated carbocycles. The highest BCUT2D eigenvalue weighted by molar-refractivity contribution is 9.10. The molecule has 0 aromatic carbocycles. The number of nitrogens with one attached hydrogen (secondary N) is 1. The average Bonchev–Trinajstić information content (AvgIpc) is 3.05. The summed E-state index contributed by atoms with van der Waals surface area (Å²) in [6.45, 7) is 5.59. The second kappa shape index (κ2) is 7.35. The zero-order chi connectivity index (χ0) is 16.2. The van der Waals surface area contributed by atoms with Gasteiger partial charge in [-0.2, -0.15) is 4.98 Å². The van der Waals surface area contributed by atoms with Crippen LogP contribution in [0.25, 0.3) is 0 Å². The van der Waals surface area contributed by atoms with Crippen molar-refractivity contribution in [3.8, 4) is 0 Å². The van der Waals surface area contributed by atoms with Crippen molar-refractivity contribution in [2.24, 2.45) is 5.92 Å². The minimum absolute atomic E-state index is 0.0925. The third kappa shape index (κ3) is 3.87. The molecule has 0 unspecified atom stereocenters. The Hall–Kier alpha value is -1.54. The van der Waals surface area contributed by atoms with Crippen LogP contribution in [-0.4, -0.2) is 33.3 Å². The molecule has 0 bridgehead atoms. The molecule has 23 heavy (non-hydrogen) atoms. The first-order valence-corrected chi connectivity index (χ1v) is 8.57. The van der Waals surface area contributed by atoms with E-state index in [0.717, 1.165) is 42.2 Å². The van der Waals surface area contributed by atoms with Gasteiger partial charge in [-0.1, -0.05) is 19.0 Å². The van der Waals surface area contributed by atoms with Crippen LogP contribution in [-0.2, 0) is 4.74 Å². The summed E-state index contributed by atoms with van der Waals surface area (Å²) in [4.78, 5) is 12.9. The molecule has 3 rings (SSSR count). The molecule has 0 spiro atoms. The third-order valence-corrected chi connectivity index (χ3v) is 4.52. The smallest absolute Gasteiger partial charge is 0.249 e. The summed E-state index contributed by atoms with van der Waals surface area (Å²) in [5.74, 6) is 2.63. The summed E-state index contributed by atoms with van der Waals surface area (Å²) in [5, 5.41) is 7.53. The number of halogens is 1. The molecular formula is C15H20BrN5O2. The van der Waals surface area contributed by atoms with Crippen LogP contribution < -0.4 is 5.32 Å². The van der Waals surface area contributed by atoms with Gasteiger partial charge in [0.25, 0.3) is 0 Å². The Balaban J connectivity index is 1.87. The lowest BCUT2D eigenvalue weighted by Gasteiger charge is -2.29. The quantitative estimate of drug-likeness (QED) is 0.849. The van der Waals surface area contributed by atoms with E-state index in [4.69, 9.17) is 9.26 Å². The Morgan fingerprint density at radius 1 is 1.30 bits per heavy atom. The lowest BCUT2D eigenvalue weighted by atomic mass is 9.91. The van der Waals surface area contributed by atoms with Crippen molar-refractivity contribution in [1.29, 1.82) is 0 Å². The van der Waals surface area contributed by atoms with Crippen LogP contribution in [0.1, 0.15) is 50.4 Å². The van der Waals surface area contributed by atoms with Crippen LogP contribution in [0.5, 0.6) is 0 Å². The van der Waals surface area contributed by atoms with E-state index in [2.05, 4.69) is 41.4 Å². The van der Waals surface area contributed by atoms with Gasteiger partial charge in [0.1, 0.15) is 18.2 Å². The second-order valence-electron chi connectivity index (χ2n) is 5.94. The van der Waals surface area contributed by atoms with Crippen LogP contribution in [0.2, 0.25) is 0 Å². The van der Waals surface area contributed by atoms with Crippen molar-refractivity contribution in [2.75, 3.05) is 18.5 Å². The van der Waals surface area contributed by atoms with Crippen molar-refractivity contribution < 1.29 is 9.26 Å². The van der Waals surface area contributed by atoms with Gasteiger partial charge in [0.15, 0.2) is 5.82 Å². The van der Waals surface area contributed by atoms with Gasteiger partial charge >= 0.3 is 0 Å². The zero-order valence-corrected chi connectivity index (χ0v) is 14.8. The molecule has 2 aromatic heterocycles. The average molecular weight is 382 g/mol. The number of rotatable bonds is 5. The SMILES string of the molecule is CC(C)c1noc([C@H](Nc2ncncc2Br)C2CCOCC2)n1. The molecule has 0 radical (unpaired) electrons. The molecule has 1 fully saturated rings. The van der Waals surface area contributed by atoms with Crippen LogP contribution in [0.15, 0.2) is 21.5 Å². The van der Waals surface area contributed by atoms with Crippen LogP contribution >= 0.6 is 15.9 Å². The predicted octanol–water partition coefficient (Wildman–Crippen LogP) is 3.33. The van der Waals surface area contributed by atoms with E-state index >= 15 is 0 Å². The van der Waals surface area contributed by atoms with Gasteiger partial charge in [0.2, 0.25) is 5.89 Å². The van der Waals surface area contributed by atoms with Crippen molar-refractivity contribution >= 4 is 21.7 Å². The summed E-state index contributed by atoms with van der Waals surface area (Å²) in [7, 11) is 0. The fourth-order valence-corrected chi connectivity index (χ4v) is 2.94. The fourth-order valence-electron chi connectivity index (χ4n) is 2.60. The van der Waals surface area contributed by atoms with E-state index in [1.807, 2.05) is 13.8 Å². The van der Waals surface area contributed by atoms with Gasteiger partial charge in [0.05, 0.1) is 4.47 Å². The first-order chi connectivity index (χ1) is 11.1. The number of hydrogen-bond donors (Lipinski definition) is 1. The number of anilines is 1. The topological polar surface area (TPSA) is 86.0 Å². The molecular weight excluding hydrogens is 362 g/mol. The van der Waals surface area contributed by atoms with Crippen molar-refractivity contribution in [3.63, 3.8) is 0 Å². The first kappa shape index (κ1) is 16.3. The van der Waals surface area contributed by atoms with Crippen LogP contribution in [0.3, 0.4) is 0 Å². The Labute approximate surface area is 143 Å². The summed E-state index contributed by atoms with van der Waals surface area (Å²) in [6.07, 6.45) is 5.12. The Bertz CT molecular complexity index is 642. The minimum Gasteiger partial charge on any atom is -0.381 e. The highest BCUT2D eigenvalue weighted by Gasteiger charge is 2.31. The van der Waals surface area contributed by atoms with Crippen LogP contribution in [0, 0.1) is 5.92 Å². The van der Waals surface area contributed by atoms with E-state index in [-0.39, 0.29) is 12.0 Å². The van der Waals surface area contributed by atoms with E-state index in [1.54, 1.807) is 6.20 Å². The molecule has 7 nitrogen and oxygen atoms in total. The Morgan fingerprint density at radius 3 is 2.74 bits per heavy atom. The van der Waals surface area contributed by atoms with Gasteiger partial charge in [-0.3, -0.25) is 0 Å². The fraction of sp³-hybridized carbons (Fsp3) is 0.600. The van der Waals surface area contributed by atoms with E-state index in [9.17, 15) is 0 Å². The zero-order valence-electron chi connectivity index (χ0n) is 13.2. The minimum atomic E-state index is -0.0925. The lowest BCUT2D eigenvalue weighted by molar-refractivity contribution is 0.0570. The summed E-state index contributed by atoms with van der Waals surface area (Å²) in [5.41, 5.74) is 0. The summed E-state index contributed by atoms with van der Waals surface area (Å²) < 4.78 is 11.8. The molecule has 1 N–H and O–H groups in total. The van der Waals surface area contributed by atoms with Gasteiger partial charge in [0, 0.05) is 25.3 Å². The monoisotopic (exact) mass is 381 g/mol. The normalized spacial score (nSPS) is 17.4. The summed E-state index contributed by atoms with van der Waals surface area (Å²) >= 11 is 3.47. The summed E-state index contributed by atoms with van der Waals surface area (Å²) in [6, 6.07) is -0.0925. The molecule has 1 aliphatic heterocycles. The Morgan fingerprint density at radius 2 is 2.09 bits per heavy atom. The highest BCUT2D eigenvalue weighted by Crippen LogP contribution is 2.34. The molecule has 124 valence electrons. The maximum Gasteiger partial charge on any atom is 0.249 e. The lowest BCUT2D eigenvalue weighted by Crippen LogP contribution is -2.27. The molecule has 8 heteroatoms. The molecule has 3 heterocycles. The molecule has 1 aliphatic rings. The number of hydrogen-bond acceptors (Lipinski definition) is 7. The van der Waals surface area contributed by atoms with Crippen molar-refractivity contribution in [1.82, 2.24) is 20.1 Å². The maximum atomic E-state index is 5.53. The van der Waals surface area contributed by atoms with E-state index in [1.165, 1.54) is 6.33 Å². The number of aromatic nitrogens is 4. The van der Waals surface area contributed by atoms with Gasteiger partial charge in [-0.05, 0) is 34.7 Å².